The Labute approximate surface area is 116 Å². The van der Waals surface area contributed by atoms with Gasteiger partial charge >= 0.3 is 0 Å². The van der Waals surface area contributed by atoms with E-state index in [1.807, 2.05) is 12.1 Å². The fraction of sp³-hybridized carbons (Fsp3) is 0.538. The first-order valence-corrected chi connectivity index (χ1v) is 7.26. The van der Waals surface area contributed by atoms with Gasteiger partial charge in [-0.25, -0.2) is 0 Å². The Morgan fingerprint density at radius 2 is 2.35 bits per heavy atom. The first-order chi connectivity index (χ1) is 8.20. The molecule has 1 atom stereocenters. The van der Waals surface area contributed by atoms with Gasteiger partial charge in [-0.3, -0.25) is 4.90 Å². The maximum atomic E-state index is 6.05. The van der Waals surface area contributed by atoms with Gasteiger partial charge in [0, 0.05) is 28.6 Å². The van der Waals surface area contributed by atoms with Crippen LogP contribution in [-0.2, 0) is 6.54 Å². The van der Waals surface area contributed by atoms with Crippen molar-refractivity contribution in [1.29, 1.82) is 0 Å². The van der Waals surface area contributed by atoms with Gasteiger partial charge in [0.2, 0.25) is 0 Å². The van der Waals surface area contributed by atoms with E-state index in [-0.39, 0.29) is 0 Å². The van der Waals surface area contributed by atoms with Crippen LogP contribution in [0.25, 0.3) is 0 Å². The highest BCUT2D eigenvalue weighted by molar-refractivity contribution is 9.10. The van der Waals surface area contributed by atoms with Gasteiger partial charge < -0.3 is 5.32 Å². The predicted octanol–water partition coefficient (Wildman–Crippen LogP) is 3.29. The Balaban J connectivity index is 2.09. The van der Waals surface area contributed by atoms with Crippen LogP contribution in [0.2, 0.25) is 5.02 Å². The first kappa shape index (κ1) is 13.3. The zero-order valence-corrected chi connectivity index (χ0v) is 12.4. The summed E-state index contributed by atoms with van der Waals surface area (Å²) in [5, 5.41) is 4.23. The van der Waals surface area contributed by atoms with Crippen molar-refractivity contribution in [2.45, 2.75) is 25.9 Å². The number of nitrogens with one attached hydrogen (secondary N) is 1. The summed E-state index contributed by atoms with van der Waals surface area (Å²) >= 11 is 9.65. The molecule has 1 aromatic carbocycles. The smallest absolute Gasteiger partial charge is 0.0410 e. The SMILES string of the molecule is CCN(Cc1cc(Cl)ccc1Br)C1CCNC1. The van der Waals surface area contributed by atoms with Crippen LogP contribution in [0.5, 0.6) is 0 Å². The van der Waals surface area contributed by atoms with Crippen LogP contribution in [0.3, 0.4) is 0 Å². The molecule has 0 amide bonds. The Kier molecular flexibility index (Phi) is 4.86. The Morgan fingerprint density at radius 1 is 1.53 bits per heavy atom. The molecule has 1 heterocycles. The van der Waals surface area contributed by atoms with E-state index in [9.17, 15) is 0 Å². The summed E-state index contributed by atoms with van der Waals surface area (Å²) in [5.74, 6) is 0. The fourth-order valence-corrected chi connectivity index (χ4v) is 2.90. The van der Waals surface area contributed by atoms with Crippen molar-refractivity contribution >= 4 is 27.5 Å². The molecule has 2 nitrogen and oxygen atoms in total. The first-order valence-electron chi connectivity index (χ1n) is 6.09. The molecule has 4 heteroatoms. The van der Waals surface area contributed by atoms with E-state index in [0.29, 0.717) is 6.04 Å². The van der Waals surface area contributed by atoms with Crippen LogP contribution < -0.4 is 5.32 Å². The molecule has 1 saturated heterocycles. The zero-order valence-electron chi connectivity index (χ0n) is 10.0. The van der Waals surface area contributed by atoms with Crippen molar-refractivity contribution in [2.24, 2.45) is 0 Å². The Hall–Kier alpha value is -0.0900. The second-order valence-electron chi connectivity index (χ2n) is 4.45. The molecular weight excluding hydrogens is 300 g/mol. The fourth-order valence-electron chi connectivity index (χ4n) is 2.33. The number of likely N-dealkylation sites (N-methyl/N-ethyl adjacent to an activating group) is 1. The molecule has 2 rings (SSSR count). The van der Waals surface area contributed by atoms with Gasteiger partial charge in [-0.2, -0.15) is 0 Å². The minimum Gasteiger partial charge on any atom is -0.315 e. The number of hydrogen-bond acceptors (Lipinski definition) is 2. The van der Waals surface area contributed by atoms with Gasteiger partial charge in [-0.05, 0) is 43.3 Å². The van der Waals surface area contributed by atoms with E-state index in [0.717, 1.165) is 35.7 Å². The van der Waals surface area contributed by atoms with Crippen molar-refractivity contribution in [3.63, 3.8) is 0 Å². The van der Waals surface area contributed by atoms with Crippen LogP contribution in [0, 0.1) is 0 Å². The van der Waals surface area contributed by atoms with E-state index in [2.05, 4.69) is 39.1 Å². The van der Waals surface area contributed by atoms with Gasteiger partial charge in [0.25, 0.3) is 0 Å². The summed E-state index contributed by atoms with van der Waals surface area (Å²) in [5.41, 5.74) is 1.27. The lowest BCUT2D eigenvalue weighted by molar-refractivity contribution is 0.210. The van der Waals surface area contributed by atoms with Crippen LogP contribution >= 0.6 is 27.5 Å². The van der Waals surface area contributed by atoms with Crippen LogP contribution in [0.15, 0.2) is 22.7 Å². The second kappa shape index (κ2) is 6.19. The normalized spacial score (nSPS) is 20.1. The van der Waals surface area contributed by atoms with Crippen molar-refractivity contribution in [3.8, 4) is 0 Å². The van der Waals surface area contributed by atoms with Crippen molar-refractivity contribution in [2.75, 3.05) is 19.6 Å². The lowest BCUT2D eigenvalue weighted by atomic mass is 10.1. The maximum absolute atomic E-state index is 6.05. The summed E-state index contributed by atoms with van der Waals surface area (Å²) in [4.78, 5) is 2.51. The largest absolute Gasteiger partial charge is 0.315 e. The standard InChI is InChI=1S/C13H18BrClN2/c1-2-17(12-5-6-16-8-12)9-10-7-11(15)3-4-13(10)14/h3-4,7,12,16H,2,5-6,8-9H2,1H3. The number of rotatable bonds is 4. The topological polar surface area (TPSA) is 15.3 Å². The second-order valence-corrected chi connectivity index (χ2v) is 5.74. The molecule has 17 heavy (non-hydrogen) atoms. The number of hydrogen-bond donors (Lipinski definition) is 1. The van der Waals surface area contributed by atoms with Crippen LogP contribution in [0.1, 0.15) is 18.9 Å². The lowest BCUT2D eigenvalue weighted by Crippen LogP contribution is -2.36. The molecule has 0 aliphatic carbocycles. The molecular formula is C13H18BrClN2. The predicted molar refractivity (Wildman–Crippen MR) is 76.5 cm³/mol. The summed E-state index contributed by atoms with van der Waals surface area (Å²) in [7, 11) is 0. The van der Waals surface area contributed by atoms with E-state index in [1.165, 1.54) is 12.0 Å². The monoisotopic (exact) mass is 316 g/mol. The Morgan fingerprint density at radius 3 is 3.00 bits per heavy atom. The molecule has 0 spiro atoms. The molecule has 1 aliphatic heterocycles. The summed E-state index contributed by atoms with van der Waals surface area (Å²) < 4.78 is 1.14. The van der Waals surface area contributed by atoms with E-state index in [4.69, 9.17) is 11.6 Å². The van der Waals surface area contributed by atoms with Crippen molar-refractivity contribution in [3.05, 3.63) is 33.3 Å². The minimum atomic E-state index is 0.658. The number of nitrogens with zero attached hydrogens (tertiary/aromatic N) is 1. The van der Waals surface area contributed by atoms with Gasteiger partial charge in [0.05, 0.1) is 0 Å². The van der Waals surface area contributed by atoms with Crippen molar-refractivity contribution < 1.29 is 0 Å². The number of benzene rings is 1. The highest BCUT2D eigenvalue weighted by Crippen LogP contribution is 2.24. The number of halogens is 2. The Bertz CT molecular complexity index is 378. The molecule has 0 saturated carbocycles. The van der Waals surface area contributed by atoms with Gasteiger partial charge in [0.1, 0.15) is 0 Å². The average Bonchev–Trinajstić information content (AvgIpc) is 2.84. The third-order valence-corrected chi connectivity index (χ3v) is 4.35. The third-order valence-electron chi connectivity index (χ3n) is 3.34. The molecule has 94 valence electrons. The third kappa shape index (κ3) is 3.44. The molecule has 0 bridgehead atoms. The molecule has 1 fully saturated rings. The highest BCUT2D eigenvalue weighted by Gasteiger charge is 2.21. The molecule has 1 aliphatic rings. The molecule has 1 unspecified atom stereocenters. The van der Waals surface area contributed by atoms with Crippen molar-refractivity contribution in [1.82, 2.24) is 10.2 Å². The summed E-state index contributed by atoms with van der Waals surface area (Å²) in [6.07, 6.45) is 1.24. The molecule has 0 aromatic heterocycles. The quantitative estimate of drug-likeness (QED) is 0.917. The average molecular weight is 318 g/mol. The molecule has 0 radical (unpaired) electrons. The lowest BCUT2D eigenvalue weighted by Gasteiger charge is -2.27. The summed E-state index contributed by atoms with van der Waals surface area (Å²) in [6.45, 7) is 6.50. The van der Waals surface area contributed by atoms with E-state index in [1.54, 1.807) is 0 Å². The van der Waals surface area contributed by atoms with Gasteiger partial charge in [-0.15, -0.1) is 0 Å². The zero-order chi connectivity index (χ0) is 12.3. The van der Waals surface area contributed by atoms with E-state index >= 15 is 0 Å². The van der Waals surface area contributed by atoms with Crippen LogP contribution in [-0.4, -0.2) is 30.6 Å². The van der Waals surface area contributed by atoms with Gasteiger partial charge in [-0.1, -0.05) is 34.5 Å². The maximum Gasteiger partial charge on any atom is 0.0410 e. The minimum absolute atomic E-state index is 0.658. The molecule has 1 N–H and O–H groups in total. The van der Waals surface area contributed by atoms with Gasteiger partial charge in [0.15, 0.2) is 0 Å². The summed E-state index contributed by atoms with van der Waals surface area (Å²) in [6, 6.07) is 6.66. The van der Waals surface area contributed by atoms with E-state index < -0.39 is 0 Å². The molecule has 1 aromatic rings. The highest BCUT2D eigenvalue weighted by atomic mass is 79.9. The van der Waals surface area contributed by atoms with Crippen LogP contribution in [0.4, 0.5) is 0 Å².